The van der Waals surface area contributed by atoms with Crippen molar-refractivity contribution in [1.82, 2.24) is 0 Å². The standard InChI is InChI=1S/C18H17NO2/c1-14(20)19(15(2)21)18-12-10-17(11-13-18)9-8-16-6-4-3-5-7-16/h3-13H,1-2H3/b9-8+. The maximum Gasteiger partial charge on any atom is 0.230 e. The zero-order valence-corrected chi connectivity index (χ0v) is 12.1. The Balaban J connectivity index is 2.17. The Morgan fingerprint density at radius 1 is 0.762 bits per heavy atom. The molecule has 0 fully saturated rings. The Morgan fingerprint density at radius 2 is 1.24 bits per heavy atom. The summed E-state index contributed by atoms with van der Waals surface area (Å²) in [5, 5.41) is 0. The molecule has 0 bridgehead atoms. The number of rotatable bonds is 3. The fraction of sp³-hybridized carbons (Fsp3) is 0.111. The highest BCUT2D eigenvalue weighted by atomic mass is 16.2. The highest BCUT2D eigenvalue weighted by molar-refractivity contribution is 6.13. The highest BCUT2D eigenvalue weighted by Crippen LogP contribution is 2.17. The fourth-order valence-corrected chi connectivity index (χ4v) is 2.08. The predicted octanol–water partition coefficient (Wildman–Crippen LogP) is 3.76. The van der Waals surface area contributed by atoms with E-state index in [1.54, 1.807) is 12.1 Å². The van der Waals surface area contributed by atoms with E-state index in [2.05, 4.69) is 0 Å². The van der Waals surface area contributed by atoms with Crippen LogP contribution in [0.25, 0.3) is 12.2 Å². The topological polar surface area (TPSA) is 37.4 Å². The van der Waals surface area contributed by atoms with Gasteiger partial charge in [-0.3, -0.25) is 14.5 Å². The second-order valence-electron chi connectivity index (χ2n) is 4.71. The first-order valence-corrected chi connectivity index (χ1v) is 6.72. The van der Waals surface area contributed by atoms with E-state index in [0.29, 0.717) is 5.69 Å². The summed E-state index contributed by atoms with van der Waals surface area (Å²) in [4.78, 5) is 24.1. The summed E-state index contributed by atoms with van der Waals surface area (Å²) in [5.41, 5.74) is 2.72. The average molecular weight is 279 g/mol. The lowest BCUT2D eigenvalue weighted by atomic mass is 10.1. The lowest BCUT2D eigenvalue weighted by Gasteiger charge is -2.17. The minimum Gasteiger partial charge on any atom is -0.274 e. The maximum atomic E-state index is 11.5. The van der Waals surface area contributed by atoms with Gasteiger partial charge in [-0.1, -0.05) is 54.6 Å². The van der Waals surface area contributed by atoms with E-state index in [-0.39, 0.29) is 11.8 Å². The van der Waals surface area contributed by atoms with Crippen LogP contribution in [0.5, 0.6) is 0 Å². The zero-order valence-electron chi connectivity index (χ0n) is 12.1. The molecule has 2 rings (SSSR count). The number of nitrogens with zero attached hydrogens (tertiary/aromatic N) is 1. The number of hydrogen-bond acceptors (Lipinski definition) is 2. The summed E-state index contributed by atoms with van der Waals surface area (Å²) in [6.45, 7) is 2.76. The molecule has 106 valence electrons. The van der Waals surface area contributed by atoms with Crippen LogP contribution in [0, 0.1) is 0 Å². The van der Waals surface area contributed by atoms with Crippen LogP contribution in [0.3, 0.4) is 0 Å². The van der Waals surface area contributed by atoms with Crippen molar-refractivity contribution in [1.29, 1.82) is 0 Å². The van der Waals surface area contributed by atoms with E-state index in [4.69, 9.17) is 0 Å². The van der Waals surface area contributed by atoms with Gasteiger partial charge in [-0.25, -0.2) is 0 Å². The van der Waals surface area contributed by atoms with Gasteiger partial charge in [0.2, 0.25) is 11.8 Å². The van der Waals surface area contributed by atoms with Crippen molar-refractivity contribution in [2.45, 2.75) is 13.8 Å². The van der Waals surface area contributed by atoms with Crippen molar-refractivity contribution < 1.29 is 9.59 Å². The SMILES string of the molecule is CC(=O)N(C(C)=O)c1ccc(/C=C/c2ccccc2)cc1. The molecule has 0 aliphatic carbocycles. The normalized spacial score (nSPS) is 10.6. The third-order valence-corrected chi connectivity index (χ3v) is 3.05. The summed E-state index contributed by atoms with van der Waals surface area (Å²) >= 11 is 0. The fourth-order valence-electron chi connectivity index (χ4n) is 2.08. The van der Waals surface area contributed by atoms with Crippen LogP contribution in [0.1, 0.15) is 25.0 Å². The molecule has 0 spiro atoms. The van der Waals surface area contributed by atoms with E-state index >= 15 is 0 Å². The summed E-state index contributed by atoms with van der Waals surface area (Å²) in [6.07, 6.45) is 4.01. The number of amides is 2. The molecular weight excluding hydrogens is 262 g/mol. The largest absolute Gasteiger partial charge is 0.274 e. The van der Waals surface area contributed by atoms with E-state index in [9.17, 15) is 9.59 Å². The molecular formula is C18H17NO2. The zero-order chi connectivity index (χ0) is 15.2. The summed E-state index contributed by atoms with van der Waals surface area (Å²) in [6, 6.07) is 17.3. The van der Waals surface area contributed by atoms with Gasteiger partial charge in [0.15, 0.2) is 0 Å². The lowest BCUT2D eigenvalue weighted by molar-refractivity contribution is -0.124. The smallest absolute Gasteiger partial charge is 0.230 e. The van der Waals surface area contributed by atoms with Crippen LogP contribution in [0.2, 0.25) is 0 Å². The van der Waals surface area contributed by atoms with Crippen molar-refractivity contribution in [3.05, 3.63) is 65.7 Å². The Kier molecular flexibility index (Phi) is 4.67. The molecule has 0 N–H and O–H groups in total. The number of carbonyl (C=O) groups excluding carboxylic acids is 2. The van der Waals surface area contributed by atoms with Crippen molar-refractivity contribution in [2.24, 2.45) is 0 Å². The monoisotopic (exact) mass is 279 g/mol. The maximum absolute atomic E-state index is 11.5. The number of imide groups is 1. The van der Waals surface area contributed by atoms with Crippen LogP contribution in [-0.4, -0.2) is 11.8 Å². The lowest BCUT2D eigenvalue weighted by Crippen LogP contribution is -2.32. The Hall–Kier alpha value is -2.68. The number of hydrogen-bond donors (Lipinski definition) is 0. The molecule has 0 saturated carbocycles. The van der Waals surface area contributed by atoms with Crippen molar-refractivity contribution in [3.8, 4) is 0 Å². The summed E-state index contributed by atoms with van der Waals surface area (Å²) in [7, 11) is 0. The van der Waals surface area contributed by atoms with Crippen molar-refractivity contribution in [3.63, 3.8) is 0 Å². The first-order chi connectivity index (χ1) is 10.1. The third kappa shape index (κ3) is 3.89. The third-order valence-electron chi connectivity index (χ3n) is 3.05. The second kappa shape index (κ2) is 6.66. The Morgan fingerprint density at radius 3 is 1.71 bits per heavy atom. The molecule has 0 heterocycles. The molecule has 0 aliphatic heterocycles. The first kappa shape index (κ1) is 14.7. The van der Waals surface area contributed by atoms with Gasteiger partial charge in [0.1, 0.15) is 0 Å². The summed E-state index contributed by atoms with van der Waals surface area (Å²) < 4.78 is 0. The van der Waals surface area contributed by atoms with Crippen LogP contribution < -0.4 is 4.90 Å². The average Bonchev–Trinajstić information content (AvgIpc) is 2.47. The van der Waals surface area contributed by atoms with Gasteiger partial charge in [0.05, 0.1) is 5.69 Å². The molecule has 2 aromatic carbocycles. The van der Waals surface area contributed by atoms with E-state index in [0.717, 1.165) is 16.0 Å². The number of carbonyl (C=O) groups is 2. The van der Waals surface area contributed by atoms with E-state index in [1.807, 2.05) is 54.6 Å². The van der Waals surface area contributed by atoms with Gasteiger partial charge in [-0.15, -0.1) is 0 Å². The van der Waals surface area contributed by atoms with Gasteiger partial charge in [0, 0.05) is 13.8 Å². The molecule has 0 aliphatic rings. The highest BCUT2D eigenvalue weighted by Gasteiger charge is 2.15. The predicted molar refractivity (Wildman–Crippen MR) is 85.7 cm³/mol. The molecule has 21 heavy (non-hydrogen) atoms. The quantitative estimate of drug-likeness (QED) is 0.802. The molecule has 0 unspecified atom stereocenters. The van der Waals surface area contributed by atoms with Gasteiger partial charge in [0.25, 0.3) is 0 Å². The van der Waals surface area contributed by atoms with Gasteiger partial charge < -0.3 is 0 Å². The van der Waals surface area contributed by atoms with Crippen LogP contribution in [0.4, 0.5) is 5.69 Å². The second-order valence-corrected chi connectivity index (χ2v) is 4.71. The molecule has 0 radical (unpaired) electrons. The van der Waals surface area contributed by atoms with Gasteiger partial charge in [-0.2, -0.15) is 0 Å². The Labute approximate surface area is 124 Å². The first-order valence-electron chi connectivity index (χ1n) is 6.72. The molecule has 2 aromatic rings. The van der Waals surface area contributed by atoms with Gasteiger partial charge in [-0.05, 0) is 23.3 Å². The van der Waals surface area contributed by atoms with Gasteiger partial charge >= 0.3 is 0 Å². The minimum atomic E-state index is -0.282. The van der Waals surface area contributed by atoms with Crippen LogP contribution in [-0.2, 0) is 9.59 Å². The molecule has 0 atom stereocenters. The Bertz CT molecular complexity index is 643. The minimum absolute atomic E-state index is 0.282. The van der Waals surface area contributed by atoms with Crippen LogP contribution >= 0.6 is 0 Å². The molecule has 0 saturated heterocycles. The number of anilines is 1. The molecule has 3 nitrogen and oxygen atoms in total. The van der Waals surface area contributed by atoms with Crippen LogP contribution in [0.15, 0.2) is 54.6 Å². The summed E-state index contributed by atoms with van der Waals surface area (Å²) in [5.74, 6) is -0.565. The van der Waals surface area contributed by atoms with E-state index in [1.165, 1.54) is 13.8 Å². The van der Waals surface area contributed by atoms with Crippen molar-refractivity contribution >= 4 is 29.7 Å². The molecule has 3 heteroatoms. The van der Waals surface area contributed by atoms with E-state index < -0.39 is 0 Å². The molecule has 0 aromatic heterocycles. The molecule has 2 amide bonds. The number of benzene rings is 2. The van der Waals surface area contributed by atoms with Crippen molar-refractivity contribution in [2.75, 3.05) is 4.90 Å².